The summed E-state index contributed by atoms with van der Waals surface area (Å²) < 4.78 is 5.28. The van der Waals surface area contributed by atoms with Crippen LogP contribution in [0.25, 0.3) is 0 Å². The Balaban J connectivity index is 1.73. The van der Waals surface area contributed by atoms with E-state index in [-0.39, 0.29) is 12.3 Å². The number of benzene rings is 1. The molecular formula is C15H15N3O4. The Morgan fingerprint density at radius 1 is 1.32 bits per heavy atom. The van der Waals surface area contributed by atoms with Gasteiger partial charge in [-0.3, -0.25) is 10.00 Å². The van der Waals surface area contributed by atoms with Gasteiger partial charge in [0.15, 0.2) is 5.82 Å². The quantitative estimate of drug-likeness (QED) is 0.906. The molecular weight excluding hydrogens is 286 g/mol. The van der Waals surface area contributed by atoms with Gasteiger partial charge in [-0.2, -0.15) is 5.10 Å². The maximum Gasteiger partial charge on any atom is 0.415 e. The summed E-state index contributed by atoms with van der Waals surface area (Å²) in [7, 11) is 0. The molecule has 1 aliphatic heterocycles. The van der Waals surface area contributed by atoms with Gasteiger partial charge in [0.05, 0.1) is 0 Å². The molecule has 0 saturated heterocycles. The molecule has 1 aromatic carbocycles. The van der Waals surface area contributed by atoms with Crippen LogP contribution in [-0.4, -0.2) is 33.9 Å². The van der Waals surface area contributed by atoms with Crippen molar-refractivity contribution in [2.45, 2.75) is 19.4 Å². The second-order valence-electron chi connectivity index (χ2n) is 5.00. The summed E-state index contributed by atoms with van der Waals surface area (Å²) in [6.45, 7) is 0.631. The lowest BCUT2D eigenvalue weighted by atomic mass is 10.1. The number of hydrogen-bond acceptors (Lipinski definition) is 4. The van der Waals surface area contributed by atoms with Crippen molar-refractivity contribution in [1.82, 2.24) is 10.2 Å². The summed E-state index contributed by atoms with van der Waals surface area (Å²) in [5.74, 6) is -0.727. The SMILES string of the molecule is O=C(O)c1[nH]nc2c1CCCN2C(=O)OCc1ccccc1. The summed E-state index contributed by atoms with van der Waals surface area (Å²) in [4.78, 5) is 24.7. The number of nitrogens with zero attached hydrogens (tertiary/aromatic N) is 2. The molecule has 3 rings (SSSR count). The molecule has 1 aromatic heterocycles. The van der Waals surface area contributed by atoms with E-state index in [0.29, 0.717) is 30.8 Å². The van der Waals surface area contributed by atoms with Crippen molar-refractivity contribution in [2.24, 2.45) is 0 Å². The Kier molecular flexibility index (Phi) is 3.78. The van der Waals surface area contributed by atoms with E-state index >= 15 is 0 Å². The highest BCUT2D eigenvalue weighted by atomic mass is 16.6. The molecule has 0 saturated carbocycles. The second kappa shape index (κ2) is 5.88. The minimum Gasteiger partial charge on any atom is -0.477 e. The van der Waals surface area contributed by atoms with Crippen molar-refractivity contribution in [3.8, 4) is 0 Å². The molecule has 2 heterocycles. The molecule has 7 nitrogen and oxygen atoms in total. The highest BCUT2D eigenvalue weighted by molar-refractivity contribution is 5.93. The maximum atomic E-state index is 12.2. The van der Waals surface area contributed by atoms with Gasteiger partial charge in [-0.15, -0.1) is 0 Å². The molecule has 1 amide bonds. The third-order valence-electron chi connectivity index (χ3n) is 3.55. The van der Waals surface area contributed by atoms with Crippen molar-refractivity contribution in [1.29, 1.82) is 0 Å². The van der Waals surface area contributed by atoms with Crippen LogP contribution in [-0.2, 0) is 17.8 Å². The number of carbonyl (C=O) groups excluding carboxylic acids is 1. The Hall–Kier alpha value is -2.83. The topological polar surface area (TPSA) is 95.5 Å². The lowest BCUT2D eigenvalue weighted by molar-refractivity contribution is 0.0689. The normalized spacial score (nSPS) is 13.5. The van der Waals surface area contributed by atoms with Gasteiger partial charge in [-0.25, -0.2) is 9.59 Å². The number of carboxylic acid groups (broad SMARTS) is 1. The molecule has 0 aliphatic carbocycles. The number of carbonyl (C=O) groups is 2. The molecule has 2 N–H and O–H groups in total. The first-order valence-electron chi connectivity index (χ1n) is 6.95. The average Bonchev–Trinajstić information content (AvgIpc) is 2.97. The van der Waals surface area contributed by atoms with Gasteiger partial charge < -0.3 is 9.84 Å². The van der Waals surface area contributed by atoms with Gasteiger partial charge >= 0.3 is 12.1 Å². The number of H-pyrrole nitrogens is 1. The molecule has 0 unspecified atom stereocenters. The number of rotatable bonds is 3. The number of anilines is 1. The summed E-state index contributed by atoms with van der Waals surface area (Å²) in [5, 5.41) is 15.5. The minimum atomic E-state index is -1.08. The summed E-state index contributed by atoms with van der Waals surface area (Å²) >= 11 is 0. The van der Waals surface area contributed by atoms with Crippen molar-refractivity contribution in [3.05, 3.63) is 47.2 Å². The largest absolute Gasteiger partial charge is 0.477 e. The van der Waals surface area contributed by atoms with Gasteiger partial charge in [-0.1, -0.05) is 30.3 Å². The highest BCUT2D eigenvalue weighted by Gasteiger charge is 2.30. The number of aromatic nitrogens is 2. The zero-order valence-electron chi connectivity index (χ0n) is 11.8. The average molecular weight is 301 g/mol. The van der Waals surface area contributed by atoms with Crippen LogP contribution in [0.15, 0.2) is 30.3 Å². The molecule has 0 spiro atoms. The van der Waals surface area contributed by atoms with Crippen molar-refractivity contribution in [2.75, 3.05) is 11.4 Å². The molecule has 0 atom stereocenters. The first kappa shape index (κ1) is 14.1. The van der Waals surface area contributed by atoms with E-state index in [4.69, 9.17) is 9.84 Å². The monoisotopic (exact) mass is 301 g/mol. The van der Waals surface area contributed by atoms with E-state index in [9.17, 15) is 9.59 Å². The third kappa shape index (κ3) is 2.65. The predicted molar refractivity (Wildman–Crippen MR) is 77.8 cm³/mol. The fraction of sp³-hybridized carbons (Fsp3) is 0.267. The van der Waals surface area contributed by atoms with Crippen molar-refractivity contribution >= 4 is 17.9 Å². The Bertz CT molecular complexity index is 696. The van der Waals surface area contributed by atoms with E-state index in [2.05, 4.69) is 10.2 Å². The number of fused-ring (bicyclic) bond motifs is 1. The van der Waals surface area contributed by atoms with Crippen molar-refractivity contribution < 1.29 is 19.4 Å². The molecule has 2 aromatic rings. The van der Waals surface area contributed by atoms with Gasteiger partial charge in [0.1, 0.15) is 12.3 Å². The number of ether oxygens (including phenoxy) is 1. The lowest BCUT2D eigenvalue weighted by Gasteiger charge is -2.24. The number of carboxylic acids is 1. The first-order valence-corrected chi connectivity index (χ1v) is 6.95. The Morgan fingerprint density at radius 3 is 2.82 bits per heavy atom. The van der Waals surface area contributed by atoms with Crippen LogP contribution in [0.3, 0.4) is 0 Å². The van der Waals surface area contributed by atoms with Crippen LogP contribution >= 0.6 is 0 Å². The van der Waals surface area contributed by atoms with E-state index in [0.717, 1.165) is 5.56 Å². The predicted octanol–water partition coefficient (Wildman–Crippen LogP) is 2.20. The zero-order chi connectivity index (χ0) is 15.5. The maximum absolute atomic E-state index is 12.2. The van der Waals surface area contributed by atoms with E-state index in [1.807, 2.05) is 30.3 Å². The second-order valence-corrected chi connectivity index (χ2v) is 5.00. The number of nitrogens with one attached hydrogen (secondary N) is 1. The molecule has 0 bridgehead atoms. The zero-order valence-corrected chi connectivity index (χ0v) is 11.8. The van der Waals surface area contributed by atoms with E-state index < -0.39 is 12.1 Å². The first-order chi connectivity index (χ1) is 10.7. The van der Waals surface area contributed by atoms with Crippen LogP contribution < -0.4 is 4.90 Å². The van der Waals surface area contributed by atoms with Gasteiger partial charge in [0.2, 0.25) is 0 Å². The van der Waals surface area contributed by atoms with E-state index in [1.54, 1.807) is 0 Å². The van der Waals surface area contributed by atoms with Crippen LogP contribution in [0, 0.1) is 0 Å². The molecule has 7 heteroatoms. The number of hydrogen-bond donors (Lipinski definition) is 2. The molecule has 0 radical (unpaired) electrons. The standard InChI is InChI=1S/C15H15N3O4/c19-14(20)12-11-7-4-8-18(13(11)17-16-12)15(21)22-9-10-5-2-1-3-6-10/h1-3,5-6H,4,7-9H2,(H,16,17)(H,19,20). The van der Waals surface area contributed by atoms with Gasteiger partial charge in [0.25, 0.3) is 0 Å². The Morgan fingerprint density at radius 2 is 2.09 bits per heavy atom. The van der Waals surface area contributed by atoms with Crippen LogP contribution in [0.4, 0.5) is 10.6 Å². The fourth-order valence-electron chi connectivity index (χ4n) is 2.49. The van der Waals surface area contributed by atoms with E-state index in [1.165, 1.54) is 4.90 Å². The molecule has 1 aliphatic rings. The summed E-state index contributed by atoms with van der Waals surface area (Å²) in [6.07, 6.45) is 0.733. The van der Waals surface area contributed by atoms with Gasteiger partial charge in [0, 0.05) is 12.1 Å². The van der Waals surface area contributed by atoms with Crippen LogP contribution in [0.1, 0.15) is 28.0 Å². The van der Waals surface area contributed by atoms with Crippen LogP contribution in [0.5, 0.6) is 0 Å². The molecule has 0 fully saturated rings. The summed E-state index contributed by atoms with van der Waals surface area (Å²) in [6, 6.07) is 9.36. The van der Waals surface area contributed by atoms with Crippen molar-refractivity contribution in [3.63, 3.8) is 0 Å². The number of aromatic amines is 1. The number of aromatic carboxylic acids is 1. The minimum absolute atomic E-state index is 0.0376. The summed E-state index contributed by atoms with van der Waals surface area (Å²) in [5.41, 5.74) is 1.48. The number of amides is 1. The van der Waals surface area contributed by atoms with Gasteiger partial charge in [-0.05, 0) is 18.4 Å². The fourth-order valence-corrected chi connectivity index (χ4v) is 2.49. The Labute approximate surface area is 126 Å². The molecule has 22 heavy (non-hydrogen) atoms. The molecule has 114 valence electrons. The lowest BCUT2D eigenvalue weighted by Crippen LogP contribution is -2.36. The highest BCUT2D eigenvalue weighted by Crippen LogP contribution is 2.28. The third-order valence-corrected chi connectivity index (χ3v) is 3.55. The smallest absolute Gasteiger partial charge is 0.415 e. The van der Waals surface area contributed by atoms with Crippen LogP contribution in [0.2, 0.25) is 0 Å².